The van der Waals surface area contributed by atoms with Gasteiger partial charge in [0.15, 0.2) is 0 Å². The fraction of sp³-hybridized carbons (Fsp3) is 0.235. The maximum atomic E-state index is 2.28. The first-order chi connectivity index (χ1) is 9.09. The summed E-state index contributed by atoms with van der Waals surface area (Å²) < 4.78 is 2.28. The molecular weight excluding hydrogens is 232 g/mol. The maximum absolute atomic E-state index is 2.28. The summed E-state index contributed by atoms with van der Waals surface area (Å²) >= 11 is 0. The van der Waals surface area contributed by atoms with Crippen LogP contribution < -0.4 is 9.47 Å². The Hall–Kier alpha value is -2.09. The lowest BCUT2D eigenvalue weighted by Gasteiger charge is -2.13. The van der Waals surface area contributed by atoms with E-state index in [2.05, 4.69) is 80.0 Å². The number of hydrogen-bond donors (Lipinski definition) is 0. The predicted octanol–water partition coefficient (Wildman–Crippen LogP) is 3.19. The van der Waals surface area contributed by atoms with Crippen molar-refractivity contribution in [2.45, 2.75) is 6.92 Å². The minimum atomic E-state index is 1.23. The van der Waals surface area contributed by atoms with Crippen molar-refractivity contribution < 1.29 is 4.57 Å². The van der Waals surface area contributed by atoms with E-state index in [4.69, 9.17) is 0 Å². The van der Waals surface area contributed by atoms with Gasteiger partial charge >= 0.3 is 0 Å². The van der Waals surface area contributed by atoms with E-state index in [1.807, 2.05) is 0 Å². The normalized spacial score (nSPS) is 11.2. The molecule has 2 aromatic carbocycles. The minimum absolute atomic E-state index is 1.23. The number of aryl methyl sites for hydroxylation is 2. The average Bonchev–Trinajstić information content (AvgIpc) is 2.44. The van der Waals surface area contributed by atoms with E-state index in [-0.39, 0.29) is 0 Å². The van der Waals surface area contributed by atoms with Gasteiger partial charge in [0, 0.05) is 37.3 Å². The smallest absolute Gasteiger partial charge is 0.215 e. The van der Waals surface area contributed by atoms with Gasteiger partial charge in [-0.1, -0.05) is 12.1 Å². The van der Waals surface area contributed by atoms with Gasteiger partial charge in [0.25, 0.3) is 0 Å². The molecule has 0 saturated carbocycles. The van der Waals surface area contributed by atoms with E-state index >= 15 is 0 Å². The van der Waals surface area contributed by atoms with Crippen molar-refractivity contribution in [2.75, 3.05) is 19.0 Å². The molecule has 0 aliphatic heterocycles. The number of anilines is 1. The lowest BCUT2D eigenvalue weighted by molar-refractivity contribution is -0.617. The van der Waals surface area contributed by atoms with E-state index in [1.165, 1.54) is 33.1 Å². The Kier molecular flexibility index (Phi) is 2.67. The molecule has 1 heterocycles. The number of pyridine rings is 1. The Morgan fingerprint density at radius 1 is 0.895 bits per heavy atom. The number of benzene rings is 2. The van der Waals surface area contributed by atoms with Crippen LogP contribution in [0.15, 0.2) is 42.5 Å². The Morgan fingerprint density at radius 3 is 2.32 bits per heavy atom. The lowest BCUT2D eigenvalue weighted by Crippen LogP contribution is -2.30. The van der Waals surface area contributed by atoms with Crippen LogP contribution in [0.5, 0.6) is 0 Å². The third-order valence-corrected chi connectivity index (χ3v) is 3.93. The fourth-order valence-corrected chi connectivity index (χ4v) is 2.75. The Bertz CT molecular complexity index is 773. The second kappa shape index (κ2) is 4.23. The fourth-order valence-electron chi connectivity index (χ4n) is 2.75. The highest BCUT2D eigenvalue weighted by molar-refractivity contribution is 5.94. The van der Waals surface area contributed by atoms with Gasteiger partial charge in [-0.3, -0.25) is 0 Å². The van der Waals surface area contributed by atoms with Crippen LogP contribution in [0.25, 0.3) is 21.8 Å². The van der Waals surface area contributed by atoms with Crippen LogP contribution >= 0.6 is 0 Å². The summed E-state index contributed by atoms with van der Waals surface area (Å²) in [7, 11) is 6.30. The molecule has 0 unspecified atom stereocenters. The summed E-state index contributed by atoms with van der Waals surface area (Å²) in [6.45, 7) is 2.21. The van der Waals surface area contributed by atoms with Crippen molar-refractivity contribution in [1.29, 1.82) is 0 Å². The van der Waals surface area contributed by atoms with Crippen LogP contribution in [0.4, 0.5) is 5.69 Å². The highest BCUT2D eigenvalue weighted by Crippen LogP contribution is 2.26. The largest absolute Gasteiger partial charge is 0.377 e. The molecule has 0 bridgehead atoms. The summed E-state index contributed by atoms with van der Waals surface area (Å²) in [4.78, 5) is 2.14. The van der Waals surface area contributed by atoms with Crippen LogP contribution in [0, 0.1) is 6.92 Å². The molecular formula is C17H19N2+. The number of para-hydroxylation sites is 1. The van der Waals surface area contributed by atoms with Crippen molar-refractivity contribution in [3.63, 3.8) is 0 Å². The standard InChI is InChI=1S/C17H19N2/c1-12-14-7-5-6-8-16(14)19(4)17-11-13(18(2)3)9-10-15(12)17/h5-11H,1-4H3/q+1. The van der Waals surface area contributed by atoms with Crippen molar-refractivity contribution in [3.05, 3.63) is 48.0 Å². The molecule has 0 atom stereocenters. The topological polar surface area (TPSA) is 7.12 Å². The number of aromatic nitrogens is 1. The molecule has 1 aromatic heterocycles. The van der Waals surface area contributed by atoms with Crippen molar-refractivity contribution >= 4 is 27.5 Å². The molecule has 0 aliphatic rings. The van der Waals surface area contributed by atoms with Gasteiger partial charge < -0.3 is 4.90 Å². The van der Waals surface area contributed by atoms with Crippen LogP contribution in [-0.2, 0) is 7.05 Å². The number of fused-ring (bicyclic) bond motifs is 2. The zero-order valence-corrected chi connectivity index (χ0v) is 11.9. The van der Waals surface area contributed by atoms with Gasteiger partial charge in [-0.15, -0.1) is 0 Å². The zero-order chi connectivity index (χ0) is 13.6. The van der Waals surface area contributed by atoms with Gasteiger partial charge in [0.05, 0.1) is 5.39 Å². The first-order valence-electron chi connectivity index (χ1n) is 6.58. The molecule has 0 aliphatic carbocycles. The third kappa shape index (κ3) is 1.75. The van der Waals surface area contributed by atoms with Crippen molar-refractivity contribution in [2.24, 2.45) is 7.05 Å². The monoisotopic (exact) mass is 251 g/mol. The van der Waals surface area contributed by atoms with Crippen molar-refractivity contribution in [3.8, 4) is 0 Å². The Labute approximate surface area is 113 Å². The third-order valence-electron chi connectivity index (χ3n) is 3.93. The SMILES string of the molecule is Cc1c2ccccc2[n+](C)c2cc(N(C)C)ccc12. The summed E-state index contributed by atoms with van der Waals surface area (Å²) in [5.74, 6) is 0. The first-order valence-corrected chi connectivity index (χ1v) is 6.58. The van der Waals surface area contributed by atoms with Gasteiger partial charge in [-0.2, -0.15) is 4.57 Å². The van der Waals surface area contributed by atoms with Gasteiger partial charge in [-0.05, 0) is 30.7 Å². The highest BCUT2D eigenvalue weighted by Gasteiger charge is 2.15. The van der Waals surface area contributed by atoms with Crippen LogP contribution in [0.2, 0.25) is 0 Å². The van der Waals surface area contributed by atoms with Crippen LogP contribution in [0.1, 0.15) is 5.56 Å². The number of rotatable bonds is 1. The molecule has 0 amide bonds. The molecule has 2 nitrogen and oxygen atoms in total. The lowest BCUT2D eigenvalue weighted by atomic mass is 10.0. The molecule has 0 radical (unpaired) electrons. The summed E-state index contributed by atoms with van der Waals surface area (Å²) in [5.41, 5.74) is 5.15. The molecule has 19 heavy (non-hydrogen) atoms. The molecule has 3 rings (SSSR count). The average molecular weight is 251 g/mol. The minimum Gasteiger partial charge on any atom is -0.377 e. The van der Waals surface area contributed by atoms with E-state index in [0.29, 0.717) is 0 Å². The zero-order valence-electron chi connectivity index (χ0n) is 11.9. The molecule has 3 aromatic rings. The molecule has 96 valence electrons. The van der Waals surface area contributed by atoms with Gasteiger partial charge in [-0.25, -0.2) is 0 Å². The summed E-state index contributed by atoms with van der Waals surface area (Å²) in [5, 5.41) is 2.65. The van der Waals surface area contributed by atoms with Gasteiger partial charge in [0.2, 0.25) is 11.0 Å². The number of nitrogens with zero attached hydrogens (tertiary/aromatic N) is 2. The van der Waals surface area contributed by atoms with E-state index in [0.717, 1.165) is 0 Å². The maximum Gasteiger partial charge on any atom is 0.215 e. The first kappa shape index (κ1) is 12.0. The molecule has 0 N–H and O–H groups in total. The van der Waals surface area contributed by atoms with E-state index < -0.39 is 0 Å². The second-order valence-corrected chi connectivity index (χ2v) is 5.30. The Morgan fingerprint density at radius 2 is 1.58 bits per heavy atom. The Balaban J connectivity index is 2.49. The molecule has 2 heteroatoms. The number of hydrogen-bond acceptors (Lipinski definition) is 1. The van der Waals surface area contributed by atoms with Crippen LogP contribution in [0.3, 0.4) is 0 Å². The van der Waals surface area contributed by atoms with E-state index in [9.17, 15) is 0 Å². The molecule has 0 spiro atoms. The quantitative estimate of drug-likeness (QED) is 0.476. The second-order valence-electron chi connectivity index (χ2n) is 5.30. The van der Waals surface area contributed by atoms with Crippen LogP contribution in [-0.4, -0.2) is 14.1 Å². The van der Waals surface area contributed by atoms with E-state index in [1.54, 1.807) is 0 Å². The predicted molar refractivity (Wildman–Crippen MR) is 81.7 cm³/mol. The highest BCUT2D eigenvalue weighted by atomic mass is 15.1. The summed E-state index contributed by atoms with van der Waals surface area (Å²) in [6.07, 6.45) is 0. The van der Waals surface area contributed by atoms with Crippen molar-refractivity contribution in [1.82, 2.24) is 0 Å². The molecule has 0 saturated heterocycles. The summed E-state index contributed by atoms with van der Waals surface area (Å²) in [6, 6.07) is 15.3. The van der Waals surface area contributed by atoms with Gasteiger partial charge in [0.1, 0.15) is 7.05 Å². The molecule has 0 fully saturated rings.